The summed E-state index contributed by atoms with van der Waals surface area (Å²) in [6.07, 6.45) is -2.69. The van der Waals surface area contributed by atoms with Crippen LogP contribution < -0.4 is 5.32 Å². The van der Waals surface area contributed by atoms with E-state index in [-0.39, 0.29) is 17.4 Å². The van der Waals surface area contributed by atoms with Crippen LogP contribution in [0.15, 0.2) is 41.9 Å². The van der Waals surface area contributed by atoms with Crippen molar-refractivity contribution in [3.63, 3.8) is 0 Å². The molecule has 0 saturated carbocycles. The fourth-order valence-corrected chi connectivity index (χ4v) is 3.80. The monoisotopic (exact) mass is 402 g/mol. The molecule has 0 aliphatic carbocycles. The number of thiazole rings is 1. The van der Waals surface area contributed by atoms with Gasteiger partial charge in [-0.3, -0.25) is 10.1 Å². The van der Waals surface area contributed by atoms with Gasteiger partial charge in [-0.15, -0.1) is 22.7 Å². The predicted octanol–water partition coefficient (Wildman–Crippen LogP) is 5.72. The van der Waals surface area contributed by atoms with Gasteiger partial charge in [0, 0.05) is 17.5 Å². The van der Waals surface area contributed by atoms with E-state index in [4.69, 9.17) is 11.6 Å². The van der Waals surface area contributed by atoms with Crippen molar-refractivity contribution in [2.45, 2.75) is 12.6 Å². The molecule has 0 atom stereocenters. The molecule has 25 heavy (non-hydrogen) atoms. The third kappa shape index (κ3) is 4.39. The first-order valence-electron chi connectivity index (χ1n) is 6.98. The van der Waals surface area contributed by atoms with Crippen molar-refractivity contribution in [1.29, 1.82) is 0 Å². The molecule has 3 nitrogen and oxygen atoms in total. The highest BCUT2D eigenvalue weighted by molar-refractivity contribution is 7.16. The lowest BCUT2D eigenvalue weighted by molar-refractivity contribution is -0.137. The van der Waals surface area contributed by atoms with Crippen molar-refractivity contribution in [2.75, 3.05) is 5.32 Å². The Bertz CT molecular complexity index is 891. The number of amides is 1. The van der Waals surface area contributed by atoms with Crippen LogP contribution in [0, 0.1) is 0 Å². The summed E-state index contributed by atoms with van der Waals surface area (Å²) in [5, 5.41) is 4.54. The minimum Gasteiger partial charge on any atom is -0.297 e. The molecule has 2 aromatic heterocycles. The first kappa shape index (κ1) is 17.9. The van der Waals surface area contributed by atoms with Crippen LogP contribution in [-0.2, 0) is 12.6 Å². The topological polar surface area (TPSA) is 42.0 Å². The van der Waals surface area contributed by atoms with E-state index < -0.39 is 11.7 Å². The molecule has 9 heteroatoms. The van der Waals surface area contributed by atoms with Gasteiger partial charge in [0.1, 0.15) is 0 Å². The largest absolute Gasteiger partial charge is 0.417 e. The van der Waals surface area contributed by atoms with Gasteiger partial charge in [-0.2, -0.15) is 13.2 Å². The summed E-state index contributed by atoms with van der Waals surface area (Å²) in [7, 11) is 0. The highest BCUT2D eigenvalue weighted by atomic mass is 35.5. The third-order valence-corrected chi connectivity index (χ3v) is 5.34. The number of hydrogen-bond acceptors (Lipinski definition) is 4. The maximum absolute atomic E-state index is 12.9. The summed E-state index contributed by atoms with van der Waals surface area (Å²) in [5.41, 5.74) is -0.390. The molecule has 0 spiro atoms. The van der Waals surface area contributed by atoms with Gasteiger partial charge in [-0.1, -0.05) is 23.7 Å². The Balaban J connectivity index is 1.72. The van der Waals surface area contributed by atoms with E-state index in [1.54, 1.807) is 23.6 Å². The summed E-state index contributed by atoms with van der Waals surface area (Å²) in [5.74, 6) is -0.262. The quantitative estimate of drug-likeness (QED) is 0.606. The summed E-state index contributed by atoms with van der Waals surface area (Å²) < 4.78 is 38.7. The molecule has 1 N–H and O–H groups in total. The van der Waals surface area contributed by atoms with Gasteiger partial charge in [-0.05, 0) is 29.1 Å². The van der Waals surface area contributed by atoms with Gasteiger partial charge >= 0.3 is 6.18 Å². The van der Waals surface area contributed by atoms with Crippen LogP contribution in [0.2, 0.25) is 5.02 Å². The van der Waals surface area contributed by atoms with Gasteiger partial charge in [0.15, 0.2) is 5.13 Å². The fourth-order valence-electron chi connectivity index (χ4n) is 2.11. The van der Waals surface area contributed by atoms with Crippen LogP contribution in [0.5, 0.6) is 0 Å². The zero-order chi connectivity index (χ0) is 18.0. The smallest absolute Gasteiger partial charge is 0.297 e. The molecule has 0 aliphatic heterocycles. The molecule has 0 bridgehead atoms. The van der Waals surface area contributed by atoms with Crippen LogP contribution in [0.4, 0.5) is 18.3 Å². The number of carbonyl (C=O) groups is 1. The summed E-state index contributed by atoms with van der Waals surface area (Å²) in [6.45, 7) is 0. The first-order chi connectivity index (χ1) is 11.8. The van der Waals surface area contributed by atoms with Gasteiger partial charge in [0.05, 0.1) is 15.5 Å². The molecular weight excluding hydrogens is 393 g/mol. The van der Waals surface area contributed by atoms with Crippen LogP contribution >= 0.6 is 34.3 Å². The second-order valence-electron chi connectivity index (χ2n) is 5.05. The SMILES string of the molecule is O=C(Nc1ncc(Cc2ccc(Cl)c(C(F)(F)F)c2)s1)c1cccs1. The first-order valence-corrected chi connectivity index (χ1v) is 9.05. The average molecular weight is 403 g/mol. The van der Waals surface area contributed by atoms with E-state index in [0.29, 0.717) is 15.6 Å². The molecule has 0 aliphatic rings. The van der Waals surface area contributed by atoms with E-state index in [0.717, 1.165) is 10.9 Å². The molecule has 1 amide bonds. The van der Waals surface area contributed by atoms with Crippen molar-refractivity contribution in [3.05, 3.63) is 67.8 Å². The van der Waals surface area contributed by atoms with Gasteiger partial charge in [-0.25, -0.2) is 4.98 Å². The second-order valence-corrected chi connectivity index (χ2v) is 7.52. The van der Waals surface area contributed by atoms with Crippen molar-refractivity contribution < 1.29 is 18.0 Å². The number of thiophene rings is 1. The van der Waals surface area contributed by atoms with Crippen molar-refractivity contribution in [3.8, 4) is 0 Å². The number of aromatic nitrogens is 1. The second kappa shape index (κ2) is 7.15. The molecule has 0 fully saturated rings. The molecule has 130 valence electrons. The number of nitrogens with one attached hydrogen (secondary N) is 1. The number of benzene rings is 1. The number of carbonyl (C=O) groups excluding carboxylic acids is 1. The minimum atomic E-state index is -4.50. The lowest BCUT2D eigenvalue weighted by Crippen LogP contribution is -2.09. The minimum absolute atomic E-state index is 0.262. The lowest BCUT2D eigenvalue weighted by atomic mass is 10.1. The molecular formula is C16H10ClF3N2OS2. The van der Waals surface area contributed by atoms with Crippen molar-refractivity contribution in [1.82, 2.24) is 4.98 Å². The molecule has 2 heterocycles. The van der Waals surface area contributed by atoms with Gasteiger partial charge < -0.3 is 0 Å². The number of nitrogens with zero attached hydrogens (tertiary/aromatic N) is 1. The average Bonchev–Trinajstić information content (AvgIpc) is 3.20. The standard InChI is InChI=1S/C16H10ClF3N2OS2/c17-12-4-3-9(7-11(12)16(18,19)20)6-10-8-21-15(25-10)22-14(23)13-2-1-5-24-13/h1-5,7-8H,6H2,(H,21,22,23). The maximum atomic E-state index is 12.9. The number of alkyl halides is 3. The Morgan fingerprint density at radius 3 is 2.76 bits per heavy atom. The zero-order valence-electron chi connectivity index (χ0n) is 12.4. The fraction of sp³-hybridized carbons (Fsp3) is 0.125. The van der Waals surface area contributed by atoms with E-state index in [1.165, 1.54) is 34.9 Å². The number of anilines is 1. The molecule has 3 rings (SSSR count). The van der Waals surface area contributed by atoms with E-state index in [2.05, 4.69) is 10.3 Å². The predicted molar refractivity (Wildman–Crippen MR) is 93.6 cm³/mol. The van der Waals surface area contributed by atoms with E-state index >= 15 is 0 Å². The molecule has 1 aromatic carbocycles. The van der Waals surface area contributed by atoms with Crippen molar-refractivity contribution in [2.24, 2.45) is 0 Å². The highest BCUT2D eigenvalue weighted by Gasteiger charge is 2.33. The summed E-state index contributed by atoms with van der Waals surface area (Å²) in [6, 6.07) is 7.28. The van der Waals surface area contributed by atoms with E-state index in [1.807, 2.05) is 0 Å². The zero-order valence-corrected chi connectivity index (χ0v) is 14.8. The number of halogens is 4. The van der Waals surface area contributed by atoms with Crippen molar-refractivity contribution >= 4 is 45.3 Å². The molecule has 0 saturated heterocycles. The Morgan fingerprint density at radius 2 is 2.08 bits per heavy atom. The Labute approximate surface area is 154 Å². The Morgan fingerprint density at radius 1 is 1.28 bits per heavy atom. The van der Waals surface area contributed by atoms with Crippen LogP contribution in [0.25, 0.3) is 0 Å². The van der Waals surface area contributed by atoms with Gasteiger partial charge in [0.2, 0.25) is 0 Å². The van der Waals surface area contributed by atoms with Crippen LogP contribution in [0.3, 0.4) is 0 Å². The lowest BCUT2D eigenvalue weighted by Gasteiger charge is -2.10. The normalized spacial score (nSPS) is 11.5. The third-order valence-electron chi connectivity index (χ3n) is 3.23. The van der Waals surface area contributed by atoms with Crippen LogP contribution in [-0.4, -0.2) is 10.9 Å². The summed E-state index contributed by atoms with van der Waals surface area (Å²) >= 11 is 8.15. The maximum Gasteiger partial charge on any atom is 0.417 e. The number of rotatable bonds is 4. The molecule has 0 unspecified atom stereocenters. The number of hydrogen-bond donors (Lipinski definition) is 1. The highest BCUT2D eigenvalue weighted by Crippen LogP contribution is 2.35. The van der Waals surface area contributed by atoms with Gasteiger partial charge in [0.25, 0.3) is 5.91 Å². The molecule has 3 aromatic rings. The molecule has 0 radical (unpaired) electrons. The Hall–Kier alpha value is -1.90. The summed E-state index contributed by atoms with van der Waals surface area (Å²) in [4.78, 5) is 17.3. The van der Waals surface area contributed by atoms with Crippen LogP contribution in [0.1, 0.15) is 25.7 Å². The van der Waals surface area contributed by atoms with E-state index in [9.17, 15) is 18.0 Å². The Kier molecular flexibility index (Phi) is 5.12.